The number of hydrogen-bond acceptors (Lipinski definition) is 5. The summed E-state index contributed by atoms with van der Waals surface area (Å²) in [5.41, 5.74) is 4.06. The van der Waals surface area contributed by atoms with Crippen LogP contribution in [-0.2, 0) is 11.3 Å². The third-order valence-electron chi connectivity index (χ3n) is 5.50. The number of para-hydroxylation sites is 1. The first kappa shape index (κ1) is 21.3. The molecule has 0 unspecified atom stereocenters. The number of piperazine rings is 1. The number of rotatable bonds is 8. The van der Waals surface area contributed by atoms with E-state index in [0.29, 0.717) is 31.3 Å². The van der Waals surface area contributed by atoms with Crippen LogP contribution in [0.15, 0.2) is 53.3 Å². The van der Waals surface area contributed by atoms with Crippen LogP contribution in [0.3, 0.4) is 0 Å². The second-order valence-corrected chi connectivity index (χ2v) is 7.92. The number of ether oxygens (including phenoxy) is 1. The molecule has 1 aliphatic rings. The molecule has 1 aliphatic heterocycles. The molecule has 0 aromatic heterocycles. The monoisotopic (exact) mass is 395 g/mol. The van der Waals surface area contributed by atoms with Gasteiger partial charge < -0.3 is 15.0 Å². The predicted octanol–water partition coefficient (Wildman–Crippen LogP) is 3.55. The van der Waals surface area contributed by atoms with Gasteiger partial charge >= 0.3 is 0 Å². The lowest BCUT2D eigenvalue weighted by atomic mass is 10.1. The van der Waals surface area contributed by atoms with Crippen LogP contribution in [0.5, 0.6) is 0 Å². The topological polar surface area (TPSA) is 44.8 Å². The van der Waals surface area contributed by atoms with Crippen molar-refractivity contribution in [3.63, 3.8) is 0 Å². The highest BCUT2D eigenvalue weighted by Gasteiger charge is 2.18. The van der Waals surface area contributed by atoms with Crippen molar-refractivity contribution in [2.24, 2.45) is 0 Å². The molecule has 156 valence electrons. The largest absolute Gasteiger partial charge is 0.383 e. The van der Waals surface area contributed by atoms with Crippen molar-refractivity contribution in [3.8, 4) is 0 Å². The number of anilines is 2. The minimum Gasteiger partial charge on any atom is -0.383 e. The van der Waals surface area contributed by atoms with E-state index in [1.165, 1.54) is 11.3 Å². The molecule has 29 heavy (non-hydrogen) atoms. The van der Waals surface area contributed by atoms with Crippen molar-refractivity contribution >= 4 is 11.4 Å². The van der Waals surface area contributed by atoms with E-state index < -0.39 is 0 Å². The van der Waals surface area contributed by atoms with Gasteiger partial charge in [-0.1, -0.05) is 44.2 Å². The zero-order chi connectivity index (χ0) is 20.6. The van der Waals surface area contributed by atoms with Gasteiger partial charge in [-0.2, -0.15) is 0 Å². The summed E-state index contributed by atoms with van der Waals surface area (Å²) in [6, 6.07) is 16.7. The van der Waals surface area contributed by atoms with Gasteiger partial charge in [-0.25, -0.2) is 0 Å². The lowest BCUT2D eigenvalue weighted by Crippen LogP contribution is -2.46. The van der Waals surface area contributed by atoms with E-state index >= 15 is 0 Å². The molecule has 0 spiro atoms. The first-order valence-corrected chi connectivity index (χ1v) is 10.5. The van der Waals surface area contributed by atoms with Crippen LogP contribution in [0, 0.1) is 0 Å². The molecule has 2 aromatic rings. The summed E-state index contributed by atoms with van der Waals surface area (Å²) in [5, 5.41) is 3.27. The summed E-state index contributed by atoms with van der Waals surface area (Å²) in [4.78, 5) is 17.9. The Hall–Kier alpha value is -2.37. The summed E-state index contributed by atoms with van der Waals surface area (Å²) in [5.74, 6) is 0.368. The average Bonchev–Trinajstić information content (AvgIpc) is 2.89. The SMILES string of the molecule is COCCNc1cc(C(C)C)ccc(CN2CCN(c3ccccc3)CC2)c1=O. The van der Waals surface area contributed by atoms with Gasteiger partial charge in [0.15, 0.2) is 0 Å². The molecule has 0 atom stereocenters. The van der Waals surface area contributed by atoms with Crippen LogP contribution in [0.2, 0.25) is 0 Å². The van der Waals surface area contributed by atoms with Crippen LogP contribution in [0.25, 0.3) is 0 Å². The Morgan fingerprint density at radius 3 is 2.41 bits per heavy atom. The summed E-state index contributed by atoms with van der Waals surface area (Å²) < 4.78 is 5.13. The lowest BCUT2D eigenvalue weighted by molar-refractivity contribution is 0.210. The minimum absolute atomic E-state index is 0.0958. The van der Waals surface area contributed by atoms with E-state index in [1.807, 2.05) is 12.1 Å². The standard InChI is InChI=1S/C24H33N3O2/c1-19(2)20-9-10-21(24(28)23(17-20)25-11-16-29-3)18-26-12-14-27(15-13-26)22-7-5-4-6-8-22/h4-10,17,19H,11-16,18H2,1-3H3,(H,25,28). The molecule has 0 bridgehead atoms. The van der Waals surface area contributed by atoms with Gasteiger partial charge in [0.05, 0.1) is 12.3 Å². The summed E-state index contributed by atoms with van der Waals surface area (Å²) in [7, 11) is 1.67. The molecule has 1 N–H and O–H groups in total. The van der Waals surface area contributed by atoms with Crippen LogP contribution >= 0.6 is 0 Å². The fourth-order valence-electron chi connectivity index (χ4n) is 3.67. The number of methoxy groups -OCH3 is 1. The van der Waals surface area contributed by atoms with Gasteiger partial charge in [0, 0.05) is 57.6 Å². The molecule has 5 nitrogen and oxygen atoms in total. The zero-order valence-electron chi connectivity index (χ0n) is 17.9. The maximum Gasteiger partial charge on any atom is 0.206 e. The first-order valence-electron chi connectivity index (χ1n) is 10.5. The highest BCUT2D eigenvalue weighted by atomic mass is 16.5. The summed E-state index contributed by atoms with van der Waals surface area (Å²) in [6.07, 6.45) is 0. The van der Waals surface area contributed by atoms with E-state index in [1.54, 1.807) is 7.11 Å². The molecule has 1 saturated heterocycles. The third-order valence-corrected chi connectivity index (χ3v) is 5.50. The van der Waals surface area contributed by atoms with Crippen LogP contribution < -0.4 is 15.6 Å². The first-order chi connectivity index (χ1) is 14.1. The second kappa shape index (κ2) is 10.4. The van der Waals surface area contributed by atoms with Gasteiger partial charge in [-0.15, -0.1) is 0 Å². The molecule has 0 amide bonds. The molecule has 1 heterocycles. The minimum atomic E-state index is 0.0958. The maximum atomic E-state index is 13.2. The van der Waals surface area contributed by atoms with Crippen molar-refractivity contribution in [3.05, 3.63) is 69.9 Å². The van der Waals surface area contributed by atoms with Crippen LogP contribution in [0.1, 0.15) is 30.9 Å². The van der Waals surface area contributed by atoms with E-state index in [9.17, 15) is 4.79 Å². The molecule has 2 aromatic carbocycles. The zero-order valence-corrected chi connectivity index (χ0v) is 17.9. The Morgan fingerprint density at radius 1 is 1.03 bits per heavy atom. The van der Waals surface area contributed by atoms with Crippen molar-refractivity contribution in [1.29, 1.82) is 0 Å². The maximum absolute atomic E-state index is 13.2. The third kappa shape index (κ3) is 5.81. The quantitative estimate of drug-likeness (QED) is 0.693. The van der Waals surface area contributed by atoms with Crippen molar-refractivity contribution in [2.45, 2.75) is 26.3 Å². The molecule has 0 radical (unpaired) electrons. The van der Waals surface area contributed by atoms with Gasteiger partial charge in [0.25, 0.3) is 0 Å². The Kier molecular flexibility index (Phi) is 7.67. The van der Waals surface area contributed by atoms with Crippen LogP contribution in [-0.4, -0.2) is 51.3 Å². The van der Waals surface area contributed by atoms with E-state index in [0.717, 1.165) is 31.7 Å². The Morgan fingerprint density at radius 2 is 1.76 bits per heavy atom. The smallest absolute Gasteiger partial charge is 0.206 e. The van der Waals surface area contributed by atoms with Crippen LogP contribution in [0.4, 0.5) is 11.4 Å². The predicted molar refractivity (Wildman–Crippen MR) is 121 cm³/mol. The lowest BCUT2D eigenvalue weighted by Gasteiger charge is -2.36. The van der Waals surface area contributed by atoms with E-state index in [2.05, 4.69) is 65.4 Å². The number of benzene rings is 1. The summed E-state index contributed by atoms with van der Waals surface area (Å²) in [6.45, 7) is 10.1. The normalized spacial score (nSPS) is 15.0. The van der Waals surface area contributed by atoms with Crippen molar-refractivity contribution < 1.29 is 4.74 Å². The highest BCUT2D eigenvalue weighted by molar-refractivity contribution is 5.48. The van der Waals surface area contributed by atoms with Gasteiger partial charge in [-0.05, 0) is 29.7 Å². The summed E-state index contributed by atoms with van der Waals surface area (Å²) >= 11 is 0. The van der Waals surface area contributed by atoms with Crippen molar-refractivity contribution in [1.82, 2.24) is 4.90 Å². The molecule has 1 fully saturated rings. The second-order valence-electron chi connectivity index (χ2n) is 7.92. The fourth-order valence-corrected chi connectivity index (χ4v) is 3.67. The molecular weight excluding hydrogens is 362 g/mol. The van der Waals surface area contributed by atoms with E-state index in [-0.39, 0.29) is 5.43 Å². The highest BCUT2D eigenvalue weighted by Crippen LogP contribution is 2.19. The molecule has 0 saturated carbocycles. The number of nitrogens with zero attached hydrogens (tertiary/aromatic N) is 2. The van der Waals surface area contributed by atoms with Gasteiger partial charge in [0.1, 0.15) is 0 Å². The van der Waals surface area contributed by atoms with Gasteiger partial charge in [0.2, 0.25) is 5.43 Å². The molecular formula is C24H33N3O2. The Bertz CT molecular complexity index is 831. The Balaban J connectivity index is 1.72. The average molecular weight is 396 g/mol. The Labute approximate surface area is 174 Å². The van der Waals surface area contributed by atoms with E-state index in [4.69, 9.17) is 4.74 Å². The molecule has 5 heteroatoms. The van der Waals surface area contributed by atoms with Crippen molar-refractivity contribution in [2.75, 3.05) is 56.7 Å². The fraction of sp³-hybridized carbons (Fsp3) is 0.458. The number of hydrogen-bond donors (Lipinski definition) is 1. The molecule has 0 aliphatic carbocycles. The molecule has 3 rings (SSSR count). The number of nitrogens with one attached hydrogen (secondary N) is 1. The van der Waals surface area contributed by atoms with Gasteiger partial charge in [-0.3, -0.25) is 9.69 Å².